The van der Waals surface area contributed by atoms with Gasteiger partial charge in [0.15, 0.2) is 0 Å². The molecule has 0 fully saturated rings. The van der Waals surface area contributed by atoms with Gasteiger partial charge in [0.25, 0.3) is 0 Å². The number of sulfonamides is 1. The maximum Gasteiger partial charge on any atom is 0.240 e. The second-order valence-corrected chi connectivity index (χ2v) is 7.87. The lowest BCUT2D eigenvalue weighted by atomic mass is 10.3. The monoisotopic (exact) mass is 405 g/mol. The van der Waals surface area contributed by atoms with Crippen LogP contribution in [0.2, 0.25) is 0 Å². The highest BCUT2D eigenvalue weighted by Crippen LogP contribution is 2.14. The van der Waals surface area contributed by atoms with Gasteiger partial charge in [-0.2, -0.15) is 5.10 Å². The van der Waals surface area contributed by atoms with Crippen LogP contribution in [0.15, 0.2) is 76.2 Å². The summed E-state index contributed by atoms with van der Waals surface area (Å²) in [6.07, 6.45) is 2.39. The molecule has 2 aromatic carbocycles. The number of rotatable bonds is 6. The largest absolute Gasteiger partial charge is 0.241 e. The number of halogens is 1. The summed E-state index contributed by atoms with van der Waals surface area (Å²) in [5, 5.41) is 4.46. The highest BCUT2D eigenvalue weighted by Gasteiger charge is 2.13. The summed E-state index contributed by atoms with van der Waals surface area (Å²) in [5.41, 5.74) is 1.80. The summed E-state index contributed by atoms with van der Waals surface area (Å²) >= 11 is 3.29. The first-order chi connectivity index (χ1) is 11.5. The molecule has 0 atom stereocenters. The number of hydrogen-bond acceptors (Lipinski definition) is 3. The fraction of sp³-hybridized carbons (Fsp3) is 0.118. The van der Waals surface area contributed by atoms with Crippen molar-refractivity contribution >= 4 is 26.0 Å². The Labute approximate surface area is 149 Å². The third kappa shape index (κ3) is 4.11. The molecule has 7 heteroatoms. The quantitative estimate of drug-likeness (QED) is 0.684. The molecule has 0 aliphatic carbocycles. The van der Waals surface area contributed by atoms with Crippen LogP contribution >= 0.6 is 15.9 Å². The van der Waals surface area contributed by atoms with Crippen molar-refractivity contribution in [2.75, 3.05) is 6.54 Å². The van der Waals surface area contributed by atoms with E-state index in [1.807, 2.05) is 42.6 Å². The number of nitrogens with one attached hydrogen (secondary N) is 1. The Hall–Kier alpha value is -1.96. The van der Waals surface area contributed by atoms with Crippen molar-refractivity contribution in [2.24, 2.45) is 0 Å². The molecule has 3 rings (SSSR count). The number of aromatic nitrogens is 2. The minimum atomic E-state index is -3.50. The molecule has 0 saturated heterocycles. The molecule has 0 bridgehead atoms. The standard InChI is InChI=1S/C17H16BrN3O2S/c18-14-6-8-17(9-7-14)24(22,23)19-12-10-15-11-13-21(20-15)16-4-2-1-3-5-16/h1-9,11,13,19H,10,12H2. The first-order valence-electron chi connectivity index (χ1n) is 7.40. The highest BCUT2D eigenvalue weighted by molar-refractivity contribution is 9.10. The van der Waals surface area contributed by atoms with Crippen molar-refractivity contribution in [3.63, 3.8) is 0 Å². The van der Waals surface area contributed by atoms with Crippen molar-refractivity contribution < 1.29 is 8.42 Å². The van der Waals surface area contributed by atoms with E-state index in [9.17, 15) is 8.42 Å². The first kappa shape index (κ1) is 16.9. The number of hydrogen-bond donors (Lipinski definition) is 1. The third-order valence-corrected chi connectivity index (χ3v) is 5.47. The highest BCUT2D eigenvalue weighted by atomic mass is 79.9. The molecule has 0 aliphatic rings. The Morgan fingerprint density at radius 2 is 1.71 bits per heavy atom. The zero-order valence-corrected chi connectivity index (χ0v) is 15.2. The SMILES string of the molecule is O=S(=O)(NCCc1ccn(-c2ccccc2)n1)c1ccc(Br)cc1. The topological polar surface area (TPSA) is 64.0 Å². The van der Waals surface area contributed by atoms with E-state index in [0.29, 0.717) is 13.0 Å². The van der Waals surface area contributed by atoms with Crippen molar-refractivity contribution in [3.8, 4) is 5.69 Å². The van der Waals surface area contributed by atoms with Gasteiger partial charge in [0.1, 0.15) is 0 Å². The Balaban J connectivity index is 1.60. The van der Waals surface area contributed by atoms with E-state index in [4.69, 9.17) is 0 Å². The van der Waals surface area contributed by atoms with E-state index in [1.165, 1.54) is 0 Å². The van der Waals surface area contributed by atoms with Crippen LogP contribution in [0.25, 0.3) is 5.69 Å². The smallest absolute Gasteiger partial charge is 0.240 e. The summed E-state index contributed by atoms with van der Waals surface area (Å²) in [7, 11) is -3.50. The Morgan fingerprint density at radius 1 is 1.00 bits per heavy atom. The van der Waals surface area contributed by atoms with Crippen LogP contribution in [0.3, 0.4) is 0 Å². The number of nitrogens with zero attached hydrogens (tertiary/aromatic N) is 2. The molecule has 0 spiro atoms. The fourth-order valence-electron chi connectivity index (χ4n) is 2.23. The predicted octanol–water partition coefficient (Wildman–Crippen LogP) is 3.16. The summed E-state index contributed by atoms with van der Waals surface area (Å²) in [6, 6.07) is 18.2. The maximum atomic E-state index is 12.2. The van der Waals surface area contributed by atoms with Crippen molar-refractivity contribution in [2.45, 2.75) is 11.3 Å². The molecule has 0 amide bonds. The van der Waals surface area contributed by atoms with Crippen LogP contribution in [-0.4, -0.2) is 24.7 Å². The van der Waals surface area contributed by atoms with Crippen molar-refractivity contribution in [3.05, 3.63) is 77.0 Å². The van der Waals surface area contributed by atoms with Gasteiger partial charge in [0.2, 0.25) is 10.0 Å². The van der Waals surface area contributed by atoms with E-state index in [2.05, 4.69) is 25.8 Å². The van der Waals surface area contributed by atoms with Gasteiger partial charge in [0, 0.05) is 23.6 Å². The van der Waals surface area contributed by atoms with Gasteiger partial charge in [-0.3, -0.25) is 0 Å². The lowest BCUT2D eigenvalue weighted by Gasteiger charge is -2.06. The van der Waals surface area contributed by atoms with Crippen LogP contribution in [0.5, 0.6) is 0 Å². The lowest BCUT2D eigenvalue weighted by molar-refractivity contribution is 0.581. The predicted molar refractivity (Wildman–Crippen MR) is 96.6 cm³/mol. The number of para-hydroxylation sites is 1. The van der Waals surface area contributed by atoms with E-state index in [1.54, 1.807) is 28.9 Å². The van der Waals surface area contributed by atoms with Crippen LogP contribution in [0.4, 0.5) is 0 Å². The molecule has 1 N–H and O–H groups in total. The van der Waals surface area contributed by atoms with E-state index in [0.717, 1.165) is 15.9 Å². The molecule has 1 heterocycles. The molecule has 5 nitrogen and oxygen atoms in total. The normalized spacial score (nSPS) is 11.5. The van der Waals surface area contributed by atoms with Crippen molar-refractivity contribution in [1.29, 1.82) is 0 Å². The maximum absolute atomic E-state index is 12.2. The number of benzene rings is 2. The average molecular weight is 406 g/mol. The molecule has 0 radical (unpaired) electrons. The zero-order valence-electron chi connectivity index (χ0n) is 12.8. The molecular weight excluding hydrogens is 390 g/mol. The Morgan fingerprint density at radius 3 is 2.42 bits per heavy atom. The van der Waals surface area contributed by atoms with Gasteiger partial charge < -0.3 is 0 Å². The molecular formula is C17H16BrN3O2S. The van der Waals surface area contributed by atoms with Gasteiger partial charge in [-0.15, -0.1) is 0 Å². The molecule has 3 aromatic rings. The fourth-order valence-corrected chi connectivity index (χ4v) is 3.53. The first-order valence-corrected chi connectivity index (χ1v) is 9.67. The summed E-state index contributed by atoms with van der Waals surface area (Å²) in [5.74, 6) is 0. The van der Waals surface area contributed by atoms with E-state index >= 15 is 0 Å². The zero-order chi connectivity index (χ0) is 17.0. The van der Waals surface area contributed by atoms with Crippen LogP contribution in [-0.2, 0) is 16.4 Å². The van der Waals surface area contributed by atoms with Crippen molar-refractivity contribution in [1.82, 2.24) is 14.5 Å². The van der Waals surface area contributed by atoms with Gasteiger partial charge >= 0.3 is 0 Å². The molecule has 124 valence electrons. The lowest BCUT2D eigenvalue weighted by Crippen LogP contribution is -2.26. The van der Waals surface area contributed by atoms with Crippen LogP contribution < -0.4 is 4.72 Å². The average Bonchev–Trinajstić information content (AvgIpc) is 3.05. The Bertz CT molecular complexity index is 907. The van der Waals surface area contributed by atoms with Crippen LogP contribution in [0.1, 0.15) is 5.69 Å². The molecule has 0 aliphatic heterocycles. The van der Waals surface area contributed by atoms with E-state index in [-0.39, 0.29) is 4.90 Å². The summed E-state index contributed by atoms with van der Waals surface area (Å²) < 4.78 is 29.6. The third-order valence-electron chi connectivity index (χ3n) is 3.46. The van der Waals surface area contributed by atoms with Crippen LogP contribution in [0, 0.1) is 0 Å². The minimum absolute atomic E-state index is 0.250. The van der Waals surface area contributed by atoms with Gasteiger partial charge in [-0.05, 0) is 42.5 Å². The van der Waals surface area contributed by atoms with Gasteiger partial charge in [0.05, 0.1) is 16.3 Å². The van der Waals surface area contributed by atoms with Gasteiger partial charge in [-0.25, -0.2) is 17.8 Å². The second kappa shape index (κ2) is 7.29. The minimum Gasteiger partial charge on any atom is -0.241 e. The second-order valence-electron chi connectivity index (χ2n) is 5.19. The molecule has 0 saturated carbocycles. The van der Waals surface area contributed by atoms with E-state index < -0.39 is 10.0 Å². The summed E-state index contributed by atoms with van der Waals surface area (Å²) in [6.45, 7) is 0.296. The molecule has 24 heavy (non-hydrogen) atoms. The molecule has 1 aromatic heterocycles. The Kier molecular flexibility index (Phi) is 5.13. The van der Waals surface area contributed by atoms with Gasteiger partial charge in [-0.1, -0.05) is 34.1 Å². The molecule has 0 unspecified atom stereocenters. The summed E-state index contributed by atoms with van der Waals surface area (Å²) in [4.78, 5) is 0.250.